The minimum absolute atomic E-state index is 0.116. The summed E-state index contributed by atoms with van der Waals surface area (Å²) in [7, 11) is 0. The lowest BCUT2D eigenvalue weighted by molar-refractivity contribution is 0.353. The number of hydrogen-bond donors (Lipinski definition) is 0. The molecule has 4 aliphatic carbocycles. The van der Waals surface area contributed by atoms with Crippen LogP contribution in [0.3, 0.4) is 0 Å². The third kappa shape index (κ3) is 6.24. The van der Waals surface area contributed by atoms with E-state index in [1.165, 1.54) is 64.8 Å². The van der Waals surface area contributed by atoms with E-state index in [1.54, 1.807) is 0 Å². The first kappa shape index (κ1) is 38.2. The zero-order valence-corrected chi connectivity index (χ0v) is 36.4. The van der Waals surface area contributed by atoms with Gasteiger partial charge in [-0.3, -0.25) is 0 Å². The van der Waals surface area contributed by atoms with Crippen LogP contribution in [0.1, 0.15) is 69.3 Å². The van der Waals surface area contributed by atoms with Crippen molar-refractivity contribution in [1.82, 2.24) is 24.9 Å². The number of nitrogens with zero attached hydrogens (tertiary/aromatic N) is 5. The fourth-order valence-electron chi connectivity index (χ4n) is 11.0. The molecule has 1 saturated carbocycles. The molecule has 0 saturated heterocycles. The maximum Gasteiger partial charge on any atom is 0.164 e. The van der Waals surface area contributed by atoms with Gasteiger partial charge in [0.15, 0.2) is 23.3 Å². The van der Waals surface area contributed by atoms with Crippen LogP contribution in [0.15, 0.2) is 174 Å². The van der Waals surface area contributed by atoms with Gasteiger partial charge < -0.3 is 0 Å². The molecule has 0 bridgehead atoms. The molecule has 3 heterocycles. The van der Waals surface area contributed by atoms with Crippen LogP contribution in [0.25, 0.3) is 73.4 Å². The van der Waals surface area contributed by atoms with Crippen molar-refractivity contribution >= 4 is 17.3 Å². The Morgan fingerprint density at radius 2 is 1.14 bits per heavy atom. The molecule has 0 N–H and O–H groups in total. The number of thioether (sulfide) groups is 1. The summed E-state index contributed by atoms with van der Waals surface area (Å²) in [5.74, 6) is 3.26. The van der Waals surface area contributed by atoms with E-state index in [9.17, 15) is 0 Å². The number of aromatic nitrogens is 5. The van der Waals surface area contributed by atoms with Crippen molar-refractivity contribution in [2.24, 2.45) is 11.3 Å². The van der Waals surface area contributed by atoms with E-state index in [4.69, 9.17) is 24.9 Å². The molecule has 6 heteroatoms. The van der Waals surface area contributed by atoms with Crippen molar-refractivity contribution in [3.05, 3.63) is 191 Å². The van der Waals surface area contributed by atoms with Crippen molar-refractivity contribution < 1.29 is 0 Å². The summed E-state index contributed by atoms with van der Waals surface area (Å²) < 4.78 is 0. The maximum atomic E-state index is 5.30. The van der Waals surface area contributed by atoms with Gasteiger partial charge in [-0.1, -0.05) is 178 Å². The highest BCUT2D eigenvalue weighted by atomic mass is 32.2. The second-order valence-corrected chi connectivity index (χ2v) is 19.2. The van der Waals surface area contributed by atoms with Gasteiger partial charge in [-0.15, -0.1) is 11.8 Å². The van der Waals surface area contributed by atoms with Crippen LogP contribution in [0.4, 0.5) is 0 Å². The lowest BCUT2D eigenvalue weighted by atomic mass is 9.68. The zero-order valence-electron chi connectivity index (χ0n) is 35.6. The molecular weight excluding hydrogens is 787 g/mol. The van der Waals surface area contributed by atoms with Gasteiger partial charge in [0, 0.05) is 49.5 Å². The van der Waals surface area contributed by atoms with Gasteiger partial charge in [0.2, 0.25) is 0 Å². The van der Waals surface area contributed by atoms with Crippen LogP contribution >= 0.6 is 11.8 Å². The molecule has 12 rings (SSSR count). The Kier molecular flexibility index (Phi) is 9.15. The molecule has 3 unspecified atom stereocenters. The first-order chi connectivity index (χ1) is 31.0. The molecule has 306 valence electrons. The molecular formula is C57H47N5S. The number of fused-ring (bicyclic) bond motifs is 7. The zero-order chi connectivity index (χ0) is 42.1. The van der Waals surface area contributed by atoms with E-state index in [0.29, 0.717) is 23.4 Å². The van der Waals surface area contributed by atoms with E-state index in [0.717, 1.165) is 57.0 Å². The summed E-state index contributed by atoms with van der Waals surface area (Å²) in [6.07, 6.45) is 18.8. The third-order valence-electron chi connectivity index (χ3n) is 14.4. The molecule has 0 radical (unpaired) electrons. The van der Waals surface area contributed by atoms with E-state index in [1.807, 2.05) is 36.0 Å². The summed E-state index contributed by atoms with van der Waals surface area (Å²) in [5, 5.41) is 0.284. The number of benzene rings is 5. The monoisotopic (exact) mass is 833 g/mol. The molecule has 5 aromatic carbocycles. The van der Waals surface area contributed by atoms with Gasteiger partial charge in [0.1, 0.15) is 0 Å². The molecule has 1 spiro atoms. The maximum absolute atomic E-state index is 5.30. The predicted octanol–water partition coefficient (Wildman–Crippen LogP) is 14.2. The average molecular weight is 834 g/mol. The van der Waals surface area contributed by atoms with Gasteiger partial charge in [-0.05, 0) is 77.0 Å². The third-order valence-corrected chi connectivity index (χ3v) is 16.1. The van der Waals surface area contributed by atoms with Crippen LogP contribution in [0.5, 0.6) is 0 Å². The normalized spacial score (nSPS) is 21.5. The molecule has 63 heavy (non-hydrogen) atoms. The van der Waals surface area contributed by atoms with Gasteiger partial charge in [0.25, 0.3) is 0 Å². The Labute approximate surface area is 374 Å². The number of hydrogen-bond acceptors (Lipinski definition) is 6. The predicted molar refractivity (Wildman–Crippen MR) is 258 cm³/mol. The van der Waals surface area contributed by atoms with E-state index in [-0.39, 0.29) is 16.1 Å². The summed E-state index contributed by atoms with van der Waals surface area (Å²) in [5.41, 5.74) is 14.8. The number of rotatable bonds is 6. The van der Waals surface area contributed by atoms with E-state index >= 15 is 0 Å². The van der Waals surface area contributed by atoms with Crippen molar-refractivity contribution in [1.29, 1.82) is 0 Å². The lowest BCUT2D eigenvalue weighted by Crippen LogP contribution is -2.31. The van der Waals surface area contributed by atoms with Crippen molar-refractivity contribution in [2.75, 3.05) is 0 Å². The van der Waals surface area contributed by atoms with Gasteiger partial charge >= 0.3 is 0 Å². The quantitative estimate of drug-likeness (QED) is 0.166. The highest BCUT2D eigenvalue weighted by Crippen LogP contribution is 2.62. The fourth-order valence-corrected chi connectivity index (χ4v) is 12.7. The van der Waals surface area contributed by atoms with Crippen LogP contribution in [-0.2, 0) is 5.41 Å². The summed E-state index contributed by atoms with van der Waals surface area (Å²) >= 11 is 2.01. The topological polar surface area (TPSA) is 64.5 Å². The molecule has 1 fully saturated rings. The average Bonchev–Trinajstić information content (AvgIpc) is 3.80. The number of allylic oxidation sites excluding steroid dienone is 7. The first-order valence-corrected chi connectivity index (χ1v) is 23.4. The van der Waals surface area contributed by atoms with Gasteiger partial charge in [0.05, 0.1) is 11.4 Å². The minimum atomic E-state index is -0.253. The fraction of sp³-hybridized carbons (Fsp3) is 0.211. The Morgan fingerprint density at radius 1 is 0.556 bits per heavy atom. The van der Waals surface area contributed by atoms with Crippen LogP contribution < -0.4 is 0 Å². The lowest BCUT2D eigenvalue weighted by Gasteiger charge is -2.36. The highest BCUT2D eigenvalue weighted by molar-refractivity contribution is 8.04. The largest absolute Gasteiger partial charge is 0.228 e. The van der Waals surface area contributed by atoms with E-state index < -0.39 is 0 Å². The van der Waals surface area contributed by atoms with Crippen LogP contribution in [0, 0.1) is 11.3 Å². The summed E-state index contributed by atoms with van der Waals surface area (Å²) in [6.45, 7) is 4.72. The molecule has 2 aromatic heterocycles. The molecule has 0 amide bonds. The Balaban J connectivity index is 0.948. The summed E-state index contributed by atoms with van der Waals surface area (Å²) in [6, 6.07) is 47.5. The van der Waals surface area contributed by atoms with Crippen molar-refractivity contribution in [3.63, 3.8) is 0 Å². The highest BCUT2D eigenvalue weighted by Gasteiger charge is 2.50. The standard InChI is InChI=1S/C57H47N5S/c1-36-16-14-23-46-51(36)63-50-25-15-24-47(56(46,50)2)55-61-53(39-19-8-4-9-20-39)60-54(62-55)40-28-26-37(27-29-40)48-35-49(59-52(58-48)38-17-6-3-7-18-38)41-30-31-45-43(34-41)42-21-10-11-22-44(42)57(45)32-12-5-13-33-57/h3-4,6-11,14-15,17-31,34-36,50H,5,12-13,16,32-33H2,1-2H3. The molecule has 5 nitrogen and oxygen atoms in total. The molecule has 1 aliphatic heterocycles. The van der Waals surface area contributed by atoms with Crippen molar-refractivity contribution in [2.45, 2.75) is 63.0 Å². The smallest absolute Gasteiger partial charge is 0.164 e. The Morgan fingerprint density at radius 3 is 1.87 bits per heavy atom. The molecule has 5 aliphatic rings. The Hall–Kier alpha value is -6.50. The Bertz CT molecular complexity index is 3070. The van der Waals surface area contributed by atoms with Crippen LogP contribution in [-0.4, -0.2) is 30.2 Å². The molecule has 3 atom stereocenters. The first-order valence-electron chi connectivity index (χ1n) is 22.6. The summed E-state index contributed by atoms with van der Waals surface area (Å²) in [4.78, 5) is 27.6. The SMILES string of the molecule is CC1CC=CC2=C1SC1C=CC=C(c3nc(-c4ccccc4)nc(-c4ccc(-c5cc(-c6ccc7c(c6)-c6ccccc6C76CCCCC6)nc(-c6ccccc6)n5)cc4)n3)C21C. The molecule has 7 aromatic rings. The minimum Gasteiger partial charge on any atom is -0.228 e. The van der Waals surface area contributed by atoms with Gasteiger partial charge in [-0.2, -0.15) is 0 Å². The second-order valence-electron chi connectivity index (χ2n) is 18.0. The second kappa shape index (κ2) is 15.1. The van der Waals surface area contributed by atoms with E-state index in [2.05, 4.69) is 153 Å². The van der Waals surface area contributed by atoms with Crippen molar-refractivity contribution in [3.8, 4) is 67.8 Å². The van der Waals surface area contributed by atoms with Gasteiger partial charge in [-0.25, -0.2) is 24.9 Å². The van der Waals surface area contributed by atoms with Crippen LogP contribution in [0.2, 0.25) is 0 Å².